The Morgan fingerprint density at radius 1 is 1.11 bits per heavy atom. The van der Waals surface area contributed by atoms with Gasteiger partial charge >= 0.3 is 0 Å². The second kappa shape index (κ2) is 11.1. The first-order valence-electron chi connectivity index (χ1n) is 6.83. The van der Waals surface area contributed by atoms with Gasteiger partial charge in [-0.15, -0.1) is 24.0 Å². The minimum atomic E-state index is 0. The molecule has 3 nitrogen and oxygen atoms in total. The van der Waals surface area contributed by atoms with Crippen molar-refractivity contribution in [3.63, 3.8) is 0 Å². The van der Waals surface area contributed by atoms with Crippen LogP contribution in [0, 0.1) is 0 Å². The van der Waals surface area contributed by atoms with Crippen LogP contribution in [0.25, 0.3) is 0 Å². The van der Waals surface area contributed by atoms with Crippen LogP contribution in [0.4, 0.5) is 0 Å². The summed E-state index contributed by atoms with van der Waals surface area (Å²) >= 11 is 0. The lowest BCUT2D eigenvalue weighted by Gasteiger charge is -2.13. The summed E-state index contributed by atoms with van der Waals surface area (Å²) < 4.78 is 0. The van der Waals surface area contributed by atoms with E-state index in [1.54, 1.807) is 0 Å². The van der Waals surface area contributed by atoms with E-state index in [4.69, 9.17) is 0 Å². The molecule has 108 valence electrons. The maximum absolute atomic E-state index is 4.22. The van der Waals surface area contributed by atoms with Gasteiger partial charge in [0.2, 0.25) is 0 Å². The average molecular weight is 375 g/mol. The van der Waals surface area contributed by atoms with Crippen molar-refractivity contribution in [2.75, 3.05) is 13.6 Å². The number of benzene rings is 1. The van der Waals surface area contributed by atoms with E-state index < -0.39 is 0 Å². The van der Waals surface area contributed by atoms with Gasteiger partial charge in [0.15, 0.2) is 5.96 Å². The number of rotatable bonds is 6. The lowest BCUT2D eigenvalue weighted by molar-refractivity contribution is 0.727. The Balaban J connectivity index is 0.00000324. The van der Waals surface area contributed by atoms with E-state index in [1.807, 2.05) is 7.05 Å². The van der Waals surface area contributed by atoms with Crippen LogP contribution in [-0.4, -0.2) is 19.6 Å². The molecule has 1 aromatic rings. The number of hydrogen-bond donors (Lipinski definition) is 2. The number of halogens is 1. The molecule has 2 N–H and O–H groups in total. The fourth-order valence-electron chi connectivity index (χ4n) is 1.86. The van der Waals surface area contributed by atoms with Crippen molar-refractivity contribution < 1.29 is 0 Å². The van der Waals surface area contributed by atoms with Crippen molar-refractivity contribution in [3.8, 4) is 0 Å². The molecule has 0 aliphatic heterocycles. The molecule has 1 aromatic carbocycles. The molecule has 4 heteroatoms. The van der Waals surface area contributed by atoms with Crippen LogP contribution >= 0.6 is 24.0 Å². The third-order valence-corrected chi connectivity index (χ3v) is 2.99. The largest absolute Gasteiger partial charge is 0.356 e. The van der Waals surface area contributed by atoms with Crippen LogP contribution in [-0.2, 0) is 13.0 Å². The van der Waals surface area contributed by atoms with Crippen LogP contribution < -0.4 is 10.6 Å². The van der Waals surface area contributed by atoms with Crippen LogP contribution in [0.2, 0.25) is 0 Å². The number of unbranched alkanes of at least 4 members (excludes halogenated alkanes) is 1. The molecule has 0 heterocycles. The lowest BCUT2D eigenvalue weighted by atomic mass is 10.1. The summed E-state index contributed by atoms with van der Waals surface area (Å²) in [7, 11) is 1.81. The first-order valence-corrected chi connectivity index (χ1v) is 6.83. The summed E-state index contributed by atoms with van der Waals surface area (Å²) in [5, 5.41) is 6.68. The van der Waals surface area contributed by atoms with Gasteiger partial charge in [-0.05, 0) is 24.0 Å². The molecule has 0 atom stereocenters. The molecular weight excluding hydrogens is 349 g/mol. The predicted molar refractivity (Wildman–Crippen MR) is 94.3 cm³/mol. The Labute approximate surface area is 134 Å². The zero-order valence-corrected chi connectivity index (χ0v) is 14.5. The Kier molecular flexibility index (Phi) is 10.6. The summed E-state index contributed by atoms with van der Waals surface area (Å²) in [6.07, 6.45) is 3.44. The highest BCUT2D eigenvalue weighted by molar-refractivity contribution is 14.0. The van der Waals surface area contributed by atoms with E-state index in [9.17, 15) is 0 Å². The molecule has 0 fully saturated rings. The van der Waals surface area contributed by atoms with Crippen molar-refractivity contribution in [1.82, 2.24) is 10.6 Å². The van der Waals surface area contributed by atoms with Crippen molar-refractivity contribution in [3.05, 3.63) is 35.4 Å². The minimum Gasteiger partial charge on any atom is -0.356 e. The number of hydrogen-bond acceptors (Lipinski definition) is 1. The molecule has 0 unspecified atom stereocenters. The molecule has 19 heavy (non-hydrogen) atoms. The molecular formula is C15H26IN3. The summed E-state index contributed by atoms with van der Waals surface area (Å²) in [5.74, 6) is 0.884. The van der Waals surface area contributed by atoms with Gasteiger partial charge < -0.3 is 10.6 Å². The lowest BCUT2D eigenvalue weighted by Crippen LogP contribution is -2.37. The van der Waals surface area contributed by atoms with E-state index in [1.165, 1.54) is 24.0 Å². The maximum atomic E-state index is 4.22. The van der Waals surface area contributed by atoms with Crippen LogP contribution in [0.3, 0.4) is 0 Å². The number of aryl methyl sites for hydroxylation is 1. The van der Waals surface area contributed by atoms with Crippen molar-refractivity contribution in [2.45, 2.75) is 39.7 Å². The standard InChI is InChI=1S/C15H25N3.HI/c1-4-6-11-17-15(16-3)18-12-14-10-8-7-9-13(14)5-2;/h7-10H,4-6,11-12H2,1-3H3,(H2,16,17,18);1H. The Bertz CT molecular complexity index is 377. The molecule has 0 spiro atoms. The monoisotopic (exact) mass is 375 g/mol. The number of nitrogens with zero attached hydrogens (tertiary/aromatic N) is 1. The van der Waals surface area contributed by atoms with Gasteiger partial charge in [-0.2, -0.15) is 0 Å². The van der Waals surface area contributed by atoms with E-state index >= 15 is 0 Å². The summed E-state index contributed by atoms with van der Waals surface area (Å²) in [4.78, 5) is 4.22. The second-order valence-electron chi connectivity index (χ2n) is 4.33. The normalized spacial score (nSPS) is 10.8. The van der Waals surface area contributed by atoms with Gasteiger partial charge in [0.25, 0.3) is 0 Å². The van der Waals surface area contributed by atoms with Gasteiger partial charge in [-0.3, -0.25) is 4.99 Å². The summed E-state index contributed by atoms with van der Waals surface area (Å²) in [6, 6.07) is 8.54. The summed E-state index contributed by atoms with van der Waals surface area (Å²) in [6.45, 7) is 6.18. The molecule has 0 aromatic heterocycles. The molecule has 0 bridgehead atoms. The molecule has 0 saturated carbocycles. The van der Waals surface area contributed by atoms with Gasteiger partial charge in [0, 0.05) is 20.1 Å². The maximum Gasteiger partial charge on any atom is 0.191 e. The second-order valence-corrected chi connectivity index (χ2v) is 4.33. The Hall–Kier alpha value is -0.780. The third kappa shape index (κ3) is 6.80. The van der Waals surface area contributed by atoms with Crippen molar-refractivity contribution >= 4 is 29.9 Å². The van der Waals surface area contributed by atoms with E-state index in [0.29, 0.717) is 0 Å². The molecule has 0 saturated heterocycles. The first-order chi connectivity index (χ1) is 8.81. The fraction of sp³-hybridized carbons (Fsp3) is 0.533. The molecule has 0 radical (unpaired) electrons. The molecule has 0 aliphatic carbocycles. The Morgan fingerprint density at radius 2 is 1.79 bits per heavy atom. The average Bonchev–Trinajstić information content (AvgIpc) is 2.43. The van der Waals surface area contributed by atoms with E-state index in [-0.39, 0.29) is 24.0 Å². The van der Waals surface area contributed by atoms with Gasteiger partial charge in [0.05, 0.1) is 0 Å². The number of aliphatic imine (C=N–C) groups is 1. The van der Waals surface area contributed by atoms with Gasteiger partial charge in [0.1, 0.15) is 0 Å². The smallest absolute Gasteiger partial charge is 0.191 e. The summed E-state index contributed by atoms with van der Waals surface area (Å²) in [5.41, 5.74) is 2.74. The molecule has 0 aliphatic rings. The highest BCUT2D eigenvalue weighted by Gasteiger charge is 2.01. The molecule has 1 rings (SSSR count). The van der Waals surface area contributed by atoms with Crippen LogP contribution in [0.1, 0.15) is 37.8 Å². The minimum absolute atomic E-state index is 0. The van der Waals surface area contributed by atoms with Crippen molar-refractivity contribution in [1.29, 1.82) is 0 Å². The molecule has 0 amide bonds. The van der Waals surface area contributed by atoms with Gasteiger partial charge in [-0.1, -0.05) is 44.5 Å². The number of guanidine groups is 1. The quantitative estimate of drug-likeness (QED) is 0.346. The Morgan fingerprint density at radius 3 is 2.37 bits per heavy atom. The van der Waals surface area contributed by atoms with Gasteiger partial charge in [-0.25, -0.2) is 0 Å². The number of nitrogens with one attached hydrogen (secondary N) is 2. The SMILES string of the molecule is CCCCNC(=NC)NCc1ccccc1CC.I. The van der Waals surface area contributed by atoms with E-state index in [0.717, 1.165) is 25.5 Å². The first kappa shape index (κ1) is 18.2. The fourth-order valence-corrected chi connectivity index (χ4v) is 1.86. The zero-order chi connectivity index (χ0) is 13.2. The van der Waals surface area contributed by atoms with E-state index in [2.05, 4.69) is 53.7 Å². The third-order valence-electron chi connectivity index (χ3n) is 2.99. The van der Waals surface area contributed by atoms with Crippen molar-refractivity contribution in [2.24, 2.45) is 4.99 Å². The topological polar surface area (TPSA) is 36.4 Å². The van der Waals surface area contributed by atoms with Crippen LogP contribution in [0.15, 0.2) is 29.3 Å². The zero-order valence-electron chi connectivity index (χ0n) is 12.2. The predicted octanol–water partition coefficient (Wildman–Crippen LogP) is 3.33. The highest BCUT2D eigenvalue weighted by Crippen LogP contribution is 2.08. The van der Waals surface area contributed by atoms with Crippen LogP contribution in [0.5, 0.6) is 0 Å². The highest BCUT2D eigenvalue weighted by atomic mass is 127.